The predicted molar refractivity (Wildman–Crippen MR) is 72.8 cm³/mol. The molecule has 2 fully saturated rings. The molecule has 0 radical (unpaired) electrons. The van der Waals surface area contributed by atoms with Gasteiger partial charge in [-0.1, -0.05) is 0 Å². The van der Waals surface area contributed by atoms with Gasteiger partial charge in [-0.25, -0.2) is 9.97 Å². The number of nitrogens with one attached hydrogen (secondary N) is 1. The van der Waals surface area contributed by atoms with Crippen molar-refractivity contribution in [3.63, 3.8) is 0 Å². The summed E-state index contributed by atoms with van der Waals surface area (Å²) in [5.74, 6) is 1.12. The molecule has 1 N–H and O–H groups in total. The van der Waals surface area contributed by atoms with Crippen molar-refractivity contribution in [2.45, 2.75) is 44.6 Å². The molecule has 0 spiro atoms. The minimum absolute atomic E-state index is 0.704. The quantitative estimate of drug-likeness (QED) is 0.879. The van der Waals surface area contributed by atoms with Crippen LogP contribution in [0.3, 0.4) is 0 Å². The van der Waals surface area contributed by atoms with Gasteiger partial charge in [-0.3, -0.25) is 0 Å². The molecule has 0 unspecified atom stereocenters. The van der Waals surface area contributed by atoms with Crippen LogP contribution in [0.25, 0.3) is 0 Å². The topological polar surface area (TPSA) is 41.1 Å². The van der Waals surface area contributed by atoms with Crippen LogP contribution in [0.5, 0.6) is 0 Å². The Bertz CT molecular complexity index is 381. The van der Waals surface area contributed by atoms with Gasteiger partial charge in [0.1, 0.15) is 12.1 Å². The van der Waals surface area contributed by atoms with Crippen LogP contribution in [-0.4, -0.2) is 35.6 Å². The first-order valence-corrected chi connectivity index (χ1v) is 7.21. The normalized spacial score (nSPS) is 23.8. The summed E-state index contributed by atoms with van der Waals surface area (Å²) in [6.45, 7) is 3.49. The highest BCUT2D eigenvalue weighted by Crippen LogP contribution is 2.19. The molecule has 3 heterocycles. The number of hydrogen-bond donors (Lipinski definition) is 1. The minimum atomic E-state index is 0.704. The molecule has 0 saturated carbocycles. The molecule has 1 aromatic rings. The zero-order chi connectivity index (χ0) is 12.2. The highest BCUT2D eigenvalue weighted by molar-refractivity contribution is 5.39. The Labute approximate surface area is 109 Å². The molecule has 2 aliphatic rings. The van der Waals surface area contributed by atoms with Gasteiger partial charge in [-0.15, -0.1) is 0 Å². The maximum atomic E-state index is 4.41. The van der Waals surface area contributed by atoms with E-state index in [-0.39, 0.29) is 0 Å². The Morgan fingerprint density at radius 1 is 1.22 bits per heavy atom. The predicted octanol–water partition coefficient (Wildman–Crippen LogP) is 1.76. The molecule has 98 valence electrons. The SMILES string of the molecule is c1nc(CC[C@@H]2CCCN2)cc(N2CCCC2)n1. The fourth-order valence-corrected chi connectivity index (χ4v) is 2.97. The van der Waals surface area contributed by atoms with Crippen molar-refractivity contribution in [1.29, 1.82) is 0 Å². The zero-order valence-corrected chi connectivity index (χ0v) is 10.9. The smallest absolute Gasteiger partial charge is 0.132 e. The van der Waals surface area contributed by atoms with E-state index in [4.69, 9.17) is 0 Å². The Kier molecular flexibility index (Phi) is 3.74. The summed E-state index contributed by atoms with van der Waals surface area (Å²) in [5, 5.41) is 3.54. The standard InChI is InChI=1S/C14H22N4/c1-2-9-18(8-1)14-10-13(16-11-17-14)6-5-12-4-3-7-15-12/h10-12,15H,1-9H2/t12-/m0/s1. The monoisotopic (exact) mass is 246 g/mol. The van der Waals surface area contributed by atoms with E-state index in [0.29, 0.717) is 6.04 Å². The highest BCUT2D eigenvalue weighted by atomic mass is 15.2. The van der Waals surface area contributed by atoms with Crippen LogP contribution in [0, 0.1) is 0 Å². The largest absolute Gasteiger partial charge is 0.357 e. The van der Waals surface area contributed by atoms with Crippen molar-refractivity contribution in [1.82, 2.24) is 15.3 Å². The van der Waals surface area contributed by atoms with Gasteiger partial charge in [-0.2, -0.15) is 0 Å². The molecule has 3 rings (SSSR count). The first kappa shape index (κ1) is 11.9. The minimum Gasteiger partial charge on any atom is -0.357 e. The van der Waals surface area contributed by atoms with Gasteiger partial charge >= 0.3 is 0 Å². The van der Waals surface area contributed by atoms with E-state index in [1.807, 2.05) is 0 Å². The van der Waals surface area contributed by atoms with Crippen LogP contribution in [0.15, 0.2) is 12.4 Å². The summed E-state index contributed by atoms with van der Waals surface area (Å²) in [7, 11) is 0. The number of aromatic nitrogens is 2. The van der Waals surface area contributed by atoms with Gasteiger partial charge in [-0.05, 0) is 45.1 Å². The van der Waals surface area contributed by atoms with E-state index in [1.165, 1.54) is 44.3 Å². The second kappa shape index (κ2) is 5.65. The molecular weight excluding hydrogens is 224 g/mol. The second-order valence-electron chi connectivity index (χ2n) is 5.39. The molecular formula is C14H22N4. The molecule has 4 nitrogen and oxygen atoms in total. The fraction of sp³-hybridized carbons (Fsp3) is 0.714. The average Bonchev–Trinajstić information content (AvgIpc) is 3.10. The Morgan fingerprint density at radius 2 is 2.11 bits per heavy atom. The van der Waals surface area contributed by atoms with Crippen LogP contribution >= 0.6 is 0 Å². The third kappa shape index (κ3) is 2.80. The lowest BCUT2D eigenvalue weighted by Crippen LogP contribution is -2.22. The first-order chi connectivity index (χ1) is 8.92. The fourth-order valence-electron chi connectivity index (χ4n) is 2.97. The van der Waals surface area contributed by atoms with E-state index in [2.05, 4.69) is 26.3 Å². The summed E-state index contributed by atoms with van der Waals surface area (Å²) in [6, 6.07) is 2.88. The second-order valence-corrected chi connectivity index (χ2v) is 5.39. The van der Waals surface area contributed by atoms with E-state index in [1.54, 1.807) is 6.33 Å². The number of anilines is 1. The summed E-state index contributed by atoms with van der Waals surface area (Å²) in [6.07, 6.45) is 9.25. The van der Waals surface area contributed by atoms with Gasteiger partial charge in [0.05, 0.1) is 0 Å². The average molecular weight is 246 g/mol. The summed E-state index contributed by atoms with van der Waals surface area (Å²) >= 11 is 0. The molecule has 0 amide bonds. The maximum absolute atomic E-state index is 4.41. The lowest BCUT2D eigenvalue weighted by atomic mass is 10.1. The van der Waals surface area contributed by atoms with Crippen molar-refractivity contribution >= 4 is 5.82 Å². The molecule has 0 aliphatic carbocycles. The third-order valence-corrected chi connectivity index (χ3v) is 4.05. The molecule has 0 bridgehead atoms. The molecule has 0 aromatic carbocycles. The summed E-state index contributed by atoms with van der Waals surface area (Å²) in [4.78, 5) is 11.2. The molecule has 2 saturated heterocycles. The Morgan fingerprint density at radius 3 is 2.89 bits per heavy atom. The summed E-state index contributed by atoms with van der Waals surface area (Å²) < 4.78 is 0. The molecule has 1 atom stereocenters. The van der Waals surface area contributed by atoms with Crippen molar-refractivity contribution in [2.75, 3.05) is 24.5 Å². The van der Waals surface area contributed by atoms with Crippen LogP contribution < -0.4 is 10.2 Å². The number of hydrogen-bond acceptors (Lipinski definition) is 4. The lowest BCUT2D eigenvalue weighted by Gasteiger charge is -2.16. The van der Waals surface area contributed by atoms with E-state index in [9.17, 15) is 0 Å². The van der Waals surface area contributed by atoms with Gasteiger partial charge in [0.2, 0.25) is 0 Å². The van der Waals surface area contributed by atoms with Crippen LogP contribution in [-0.2, 0) is 6.42 Å². The molecule has 1 aromatic heterocycles. The van der Waals surface area contributed by atoms with E-state index < -0.39 is 0 Å². The van der Waals surface area contributed by atoms with Gasteiger partial charge in [0.25, 0.3) is 0 Å². The van der Waals surface area contributed by atoms with Crippen molar-refractivity contribution in [3.05, 3.63) is 18.1 Å². The lowest BCUT2D eigenvalue weighted by molar-refractivity contribution is 0.555. The van der Waals surface area contributed by atoms with Crippen LogP contribution in [0.1, 0.15) is 37.8 Å². The van der Waals surface area contributed by atoms with Gasteiger partial charge in [0, 0.05) is 30.9 Å². The molecule has 4 heteroatoms. The van der Waals surface area contributed by atoms with Crippen molar-refractivity contribution < 1.29 is 0 Å². The van der Waals surface area contributed by atoms with Gasteiger partial charge < -0.3 is 10.2 Å². The third-order valence-electron chi connectivity index (χ3n) is 4.05. The molecule has 2 aliphatic heterocycles. The first-order valence-electron chi connectivity index (χ1n) is 7.21. The van der Waals surface area contributed by atoms with Crippen LogP contribution in [0.2, 0.25) is 0 Å². The van der Waals surface area contributed by atoms with Crippen molar-refractivity contribution in [2.24, 2.45) is 0 Å². The highest BCUT2D eigenvalue weighted by Gasteiger charge is 2.16. The maximum Gasteiger partial charge on any atom is 0.132 e. The summed E-state index contributed by atoms with van der Waals surface area (Å²) in [5.41, 5.74) is 1.20. The Balaban J connectivity index is 1.59. The number of aryl methyl sites for hydroxylation is 1. The number of rotatable bonds is 4. The molecule has 18 heavy (non-hydrogen) atoms. The van der Waals surface area contributed by atoms with Crippen molar-refractivity contribution in [3.8, 4) is 0 Å². The Hall–Kier alpha value is -1.16. The van der Waals surface area contributed by atoms with Crippen LogP contribution in [0.4, 0.5) is 5.82 Å². The zero-order valence-electron chi connectivity index (χ0n) is 10.9. The van der Waals surface area contributed by atoms with E-state index >= 15 is 0 Å². The van der Waals surface area contributed by atoms with E-state index in [0.717, 1.165) is 25.3 Å². The van der Waals surface area contributed by atoms with Gasteiger partial charge in [0.15, 0.2) is 0 Å². The number of nitrogens with zero attached hydrogens (tertiary/aromatic N) is 3.